The molecule has 0 spiro atoms. The Morgan fingerprint density at radius 1 is 0.919 bits per heavy atom. The highest BCUT2D eigenvalue weighted by atomic mass is 79.9. The number of nitrogens with zero attached hydrogens (tertiary/aromatic N) is 1. The number of halogens is 1. The minimum absolute atomic E-state index is 0.252. The fourth-order valence-corrected chi connectivity index (χ4v) is 4.28. The highest BCUT2D eigenvalue weighted by Gasteiger charge is 2.14. The molecule has 0 saturated carbocycles. The topological polar surface area (TPSA) is 89.0 Å². The molecule has 0 aliphatic carbocycles. The van der Waals surface area contributed by atoms with E-state index < -0.39 is 11.8 Å². The lowest BCUT2D eigenvalue weighted by Gasteiger charge is -2.15. The summed E-state index contributed by atoms with van der Waals surface area (Å²) in [6.45, 7) is 2.94. The maximum absolute atomic E-state index is 12.1. The Hall–Kier alpha value is -4.17. The van der Waals surface area contributed by atoms with Crippen LogP contribution in [0, 0.1) is 0 Å². The van der Waals surface area contributed by atoms with E-state index in [2.05, 4.69) is 50.0 Å². The minimum atomic E-state index is -0.855. The van der Waals surface area contributed by atoms with Crippen molar-refractivity contribution in [3.05, 3.63) is 106 Å². The molecule has 0 aliphatic rings. The van der Waals surface area contributed by atoms with Crippen molar-refractivity contribution in [3.8, 4) is 11.5 Å². The first-order chi connectivity index (χ1) is 18.0. The summed E-state index contributed by atoms with van der Waals surface area (Å²) in [5.74, 6) is -0.526. The molecule has 0 unspecified atom stereocenters. The number of amides is 2. The normalized spacial score (nSPS) is 10.9. The maximum Gasteiger partial charge on any atom is 0.329 e. The Bertz CT molecular complexity index is 1420. The molecule has 0 atom stereocenters. The van der Waals surface area contributed by atoms with Gasteiger partial charge in [-0.2, -0.15) is 5.10 Å². The van der Waals surface area contributed by atoms with E-state index in [0.29, 0.717) is 34.7 Å². The number of fused-ring (bicyclic) bond motifs is 1. The average Bonchev–Trinajstić information content (AvgIpc) is 2.92. The number of carbonyl (C=O) groups is 2. The van der Waals surface area contributed by atoms with E-state index >= 15 is 0 Å². The van der Waals surface area contributed by atoms with Crippen molar-refractivity contribution in [3.63, 3.8) is 0 Å². The summed E-state index contributed by atoms with van der Waals surface area (Å²) >= 11 is 3.56. The standard InChI is InChI=1S/C29H26BrN3O4/c1-2-36-26-16-21(18-32-33-29(35)28(34)31-17-20-9-4-3-5-10-20)15-25(30)27(26)37-19-23-13-8-12-22-11-6-7-14-24(22)23/h3-16,18H,2,17,19H2,1H3,(H,31,34)(H,33,35). The molecule has 4 aromatic carbocycles. The second-order valence-corrected chi connectivity index (χ2v) is 8.91. The van der Waals surface area contributed by atoms with Gasteiger partial charge in [0.1, 0.15) is 6.61 Å². The highest BCUT2D eigenvalue weighted by molar-refractivity contribution is 9.10. The van der Waals surface area contributed by atoms with Crippen LogP contribution in [0.3, 0.4) is 0 Å². The van der Waals surface area contributed by atoms with Gasteiger partial charge in [-0.05, 0) is 62.4 Å². The maximum atomic E-state index is 12.1. The van der Waals surface area contributed by atoms with Gasteiger partial charge in [0.25, 0.3) is 0 Å². The van der Waals surface area contributed by atoms with Gasteiger partial charge < -0.3 is 14.8 Å². The SMILES string of the molecule is CCOc1cc(C=NNC(=O)C(=O)NCc2ccccc2)cc(Br)c1OCc1cccc2ccccc12. The van der Waals surface area contributed by atoms with E-state index in [1.807, 2.05) is 61.5 Å². The van der Waals surface area contributed by atoms with Crippen molar-refractivity contribution in [1.29, 1.82) is 0 Å². The lowest BCUT2D eigenvalue weighted by molar-refractivity contribution is -0.139. The second kappa shape index (κ2) is 12.7. The van der Waals surface area contributed by atoms with E-state index in [-0.39, 0.29) is 6.54 Å². The molecule has 0 radical (unpaired) electrons. The van der Waals surface area contributed by atoms with E-state index in [0.717, 1.165) is 21.9 Å². The van der Waals surface area contributed by atoms with Crippen LogP contribution in [0.25, 0.3) is 10.8 Å². The molecule has 37 heavy (non-hydrogen) atoms. The Morgan fingerprint density at radius 2 is 1.68 bits per heavy atom. The van der Waals surface area contributed by atoms with Crippen LogP contribution < -0.4 is 20.2 Å². The van der Waals surface area contributed by atoms with Crippen molar-refractivity contribution in [2.45, 2.75) is 20.1 Å². The Kier molecular flexibility index (Phi) is 8.89. The molecule has 188 valence electrons. The van der Waals surface area contributed by atoms with Gasteiger partial charge in [0.15, 0.2) is 11.5 Å². The zero-order chi connectivity index (χ0) is 26.0. The van der Waals surface area contributed by atoms with Crippen molar-refractivity contribution in [2.75, 3.05) is 6.61 Å². The molecule has 4 rings (SSSR count). The van der Waals surface area contributed by atoms with E-state index in [9.17, 15) is 9.59 Å². The van der Waals surface area contributed by atoms with Gasteiger partial charge in [-0.25, -0.2) is 5.43 Å². The first-order valence-corrected chi connectivity index (χ1v) is 12.6. The molecule has 0 aliphatic heterocycles. The Balaban J connectivity index is 1.40. The average molecular weight is 560 g/mol. The number of hydrogen-bond acceptors (Lipinski definition) is 5. The fraction of sp³-hybridized carbons (Fsp3) is 0.138. The van der Waals surface area contributed by atoms with Gasteiger partial charge in [0.2, 0.25) is 0 Å². The van der Waals surface area contributed by atoms with Crippen molar-refractivity contribution >= 4 is 44.7 Å². The largest absolute Gasteiger partial charge is 0.490 e. The van der Waals surface area contributed by atoms with Gasteiger partial charge in [-0.3, -0.25) is 9.59 Å². The summed E-state index contributed by atoms with van der Waals surface area (Å²) in [4.78, 5) is 24.1. The highest BCUT2D eigenvalue weighted by Crippen LogP contribution is 2.37. The van der Waals surface area contributed by atoms with Crippen LogP contribution in [-0.2, 0) is 22.7 Å². The lowest BCUT2D eigenvalue weighted by atomic mass is 10.1. The summed E-state index contributed by atoms with van der Waals surface area (Å²) in [6, 6.07) is 27.2. The monoisotopic (exact) mass is 559 g/mol. The Labute approximate surface area is 223 Å². The molecule has 2 amide bonds. The van der Waals surface area contributed by atoms with Crippen molar-refractivity contribution in [2.24, 2.45) is 5.10 Å². The van der Waals surface area contributed by atoms with Crippen molar-refractivity contribution in [1.82, 2.24) is 10.7 Å². The lowest BCUT2D eigenvalue weighted by Crippen LogP contribution is -2.37. The van der Waals surface area contributed by atoms with Gasteiger partial charge in [0, 0.05) is 6.54 Å². The predicted octanol–water partition coefficient (Wildman–Crippen LogP) is 5.35. The number of carbonyl (C=O) groups excluding carboxylic acids is 2. The number of hydrogen-bond donors (Lipinski definition) is 2. The molecule has 2 N–H and O–H groups in total. The first-order valence-electron chi connectivity index (χ1n) is 11.8. The zero-order valence-corrected chi connectivity index (χ0v) is 21.8. The fourth-order valence-electron chi connectivity index (χ4n) is 3.71. The minimum Gasteiger partial charge on any atom is -0.490 e. The molecule has 0 bridgehead atoms. The summed E-state index contributed by atoms with van der Waals surface area (Å²) in [5.41, 5.74) is 4.85. The van der Waals surface area contributed by atoms with Crippen LogP contribution in [0.2, 0.25) is 0 Å². The molecule has 0 heterocycles. The number of benzene rings is 4. The van der Waals surface area contributed by atoms with Crippen LogP contribution in [-0.4, -0.2) is 24.6 Å². The van der Waals surface area contributed by atoms with Crippen LogP contribution in [0.15, 0.2) is 94.5 Å². The van der Waals surface area contributed by atoms with E-state index in [4.69, 9.17) is 9.47 Å². The molecule has 4 aromatic rings. The van der Waals surface area contributed by atoms with Gasteiger partial charge in [-0.1, -0.05) is 72.8 Å². The summed E-state index contributed by atoms with van der Waals surface area (Å²) in [6.07, 6.45) is 1.43. The van der Waals surface area contributed by atoms with Crippen LogP contribution >= 0.6 is 15.9 Å². The van der Waals surface area contributed by atoms with Crippen LogP contribution in [0.1, 0.15) is 23.6 Å². The number of hydrazone groups is 1. The molecule has 8 heteroatoms. The smallest absolute Gasteiger partial charge is 0.329 e. The summed E-state index contributed by atoms with van der Waals surface area (Å²) < 4.78 is 12.6. The summed E-state index contributed by atoms with van der Waals surface area (Å²) in [7, 11) is 0. The second-order valence-electron chi connectivity index (χ2n) is 8.06. The third-order valence-electron chi connectivity index (χ3n) is 5.47. The Morgan fingerprint density at radius 3 is 2.49 bits per heavy atom. The third kappa shape index (κ3) is 6.95. The molecule has 7 nitrogen and oxygen atoms in total. The summed E-state index contributed by atoms with van der Waals surface area (Å²) in [5, 5.41) is 8.75. The quantitative estimate of drug-likeness (QED) is 0.164. The molecular formula is C29H26BrN3O4. The molecule has 0 saturated heterocycles. The number of ether oxygens (including phenoxy) is 2. The van der Waals surface area contributed by atoms with Crippen LogP contribution in [0.4, 0.5) is 0 Å². The van der Waals surface area contributed by atoms with Crippen LogP contribution in [0.5, 0.6) is 11.5 Å². The first kappa shape index (κ1) is 25.9. The van der Waals surface area contributed by atoms with E-state index in [1.54, 1.807) is 12.1 Å². The zero-order valence-electron chi connectivity index (χ0n) is 20.2. The number of rotatable bonds is 9. The van der Waals surface area contributed by atoms with Gasteiger partial charge in [0.05, 0.1) is 17.3 Å². The molecule has 0 aromatic heterocycles. The van der Waals surface area contributed by atoms with Gasteiger partial charge >= 0.3 is 11.8 Å². The third-order valence-corrected chi connectivity index (χ3v) is 6.05. The number of nitrogens with one attached hydrogen (secondary N) is 2. The molecule has 0 fully saturated rings. The van der Waals surface area contributed by atoms with E-state index in [1.165, 1.54) is 6.21 Å². The predicted molar refractivity (Wildman–Crippen MR) is 148 cm³/mol. The molecular weight excluding hydrogens is 534 g/mol. The van der Waals surface area contributed by atoms with Gasteiger partial charge in [-0.15, -0.1) is 0 Å². The van der Waals surface area contributed by atoms with Crippen molar-refractivity contribution < 1.29 is 19.1 Å².